The summed E-state index contributed by atoms with van der Waals surface area (Å²) in [6.07, 6.45) is 5.91. The largest absolute Gasteiger partial charge is 0.373 e. The van der Waals surface area contributed by atoms with Crippen LogP contribution in [0.3, 0.4) is 0 Å². The normalized spacial score (nSPS) is 18.3. The summed E-state index contributed by atoms with van der Waals surface area (Å²) in [6, 6.07) is 7.95. The molecule has 1 fully saturated rings. The smallest absolute Gasteiger partial charge is 0.227 e. The van der Waals surface area contributed by atoms with Gasteiger partial charge in [-0.15, -0.1) is 0 Å². The van der Waals surface area contributed by atoms with Crippen molar-refractivity contribution in [3.8, 4) is 0 Å². The first-order chi connectivity index (χ1) is 16.0. The minimum atomic E-state index is -0.125. The Morgan fingerprint density at radius 2 is 2.03 bits per heavy atom. The zero-order valence-electron chi connectivity index (χ0n) is 19.2. The number of fused-ring (bicyclic) bond motifs is 2. The minimum absolute atomic E-state index is 0.0631. The molecule has 2 aliphatic rings. The molecule has 3 aromatic rings. The van der Waals surface area contributed by atoms with Crippen molar-refractivity contribution < 1.29 is 9.59 Å². The Labute approximate surface area is 193 Å². The average Bonchev–Trinajstić information content (AvgIpc) is 3.25. The zero-order valence-corrected chi connectivity index (χ0v) is 19.2. The number of H-pyrrole nitrogens is 1. The summed E-state index contributed by atoms with van der Waals surface area (Å²) in [5, 5.41) is 4.29. The number of amides is 2. The van der Waals surface area contributed by atoms with E-state index in [1.807, 2.05) is 41.2 Å². The molecule has 2 N–H and O–H groups in total. The molecule has 0 unspecified atom stereocenters. The van der Waals surface area contributed by atoms with Crippen molar-refractivity contribution in [3.05, 3.63) is 53.1 Å². The fourth-order valence-electron chi connectivity index (χ4n) is 5.10. The molecule has 1 aromatic carbocycles. The van der Waals surface area contributed by atoms with Crippen molar-refractivity contribution in [1.82, 2.24) is 24.8 Å². The molecule has 2 aromatic heterocycles. The number of hydrogen-bond acceptors (Lipinski definition) is 5. The average molecular weight is 447 g/mol. The summed E-state index contributed by atoms with van der Waals surface area (Å²) in [4.78, 5) is 42.2. The van der Waals surface area contributed by atoms with Crippen LogP contribution in [0.5, 0.6) is 0 Å². The Kier molecular flexibility index (Phi) is 5.74. The molecule has 0 bridgehead atoms. The number of aromatic nitrogens is 3. The van der Waals surface area contributed by atoms with Gasteiger partial charge in [0.2, 0.25) is 11.8 Å². The third-order valence-corrected chi connectivity index (χ3v) is 6.90. The van der Waals surface area contributed by atoms with E-state index in [9.17, 15) is 9.59 Å². The quantitative estimate of drug-likeness (QED) is 0.642. The third-order valence-electron chi connectivity index (χ3n) is 6.90. The predicted molar refractivity (Wildman–Crippen MR) is 127 cm³/mol. The number of benzene rings is 1. The van der Waals surface area contributed by atoms with E-state index >= 15 is 0 Å². The lowest BCUT2D eigenvalue weighted by Gasteiger charge is -2.36. The molecule has 8 heteroatoms. The predicted octanol–water partition coefficient (Wildman–Crippen LogP) is 3.20. The first-order valence-corrected chi connectivity index (χ1v) is 11.7. The number of nitrogens with zero attached hydrogens (tertiary/aromatic N) is 4. The van der Waals surface area contributed by atoms with Gasteiger partial charge in [0.1, 0.15) is 5.82 Å². The molecular formula is C25H30N6O2. The van der Waals surface area contributed by atoms with E-state index in [2.05, 4.69) is 16.4 Å². The molecule has 2 amide bonds. The number of rotatable bonds is 4. The van der Waals surface area contributed by atoms with E-state index in [4.69, 9.17) is 9.97 Å². The summed E-state index contributed by atoms with van der Waals surface area (Å²) in [7, 11) is 1.85. The van der Waals surface area contributed by atoms with Gasteiger partial charge < -0.3 is 20.1 Å². The minimum Gasteiger partial charge on any atom is -0.373 e. The first kappa shape index (κ1) is 21.4. The molecule has 0 spiro atoms. The lowest BCUT2D eigenvalue weighted by molar-refractivity contribution is -0.134. The molecule has 33 heavy (non-hydrogen) atoms. The summed E-state index contributed by atoms with van der Waals surface area (Å²) in [5.74, 6) is 1.64. The van der Waals surface area contributed by atoms with Gasteiger partial charge in [0.05, 0.1) is 24.7 Å². The fraction of sp³-hybridized carbons (Fsp3) is 0.440. The van der Waals surface area contributed by atoms with Crippen LogP contribution in [-0.4, -0.2) is 56.7 Å². The molecule has 0 saturated carbocycles. The standard InChI is InChI=1S/C25H30N6O2/c1-16(32)30-12-10-21-19(15-30)24(26-2)29-25(28-21)22-9-5-6-11-31(22)23(33)13-17-14-27-20-8-4-3-7-18(17)20/h3-4,7-8,14,22,27H,5-6,9-13,15H2,1-2H3,(H,26,28,29)/t22-/m1/s1. The van der Waals surface area contributed by atoms with E-state index in [0.717, 1.165) is 59.3 Å². The molecule has 8 nitrogen and oxygen atoms in total. The molecule has 4 heterocycles. The van der Waals surface area contributed by atoms with Crippen LogP contribution < -0.4 is 5.32 Å². The van der Waals surface area contributed by atoms with Crippen LogP contribution >= 0.6 is 0 Å². The van der Waals surface area contributed by atoms with Crippen molar-refractivity contribution in [2.45, 2.75) is 51.6 Å². The van der Waals surface area contributed by atoms with Crippen molar-refractivity contribution in [2.24, 2.45) is 0 Å². The Balaban J connectivity index is 1.43. The number of para-hydroxylation sites is 1. The number of hydrogen-bond donors (Lipinski definition) is 2. The number of carbonyl (C=O) groups is 2. The van der Waals surface area contributed by atoms with Gasteiger partial charge in [0.25, 0.3) is 0 Å². The fourth-order valence-corrected chi connectivity index (χ4v) is 5.10. The third kappa shape index (κ3) is 4.05. The van der Waals surface area contributed by atoms with E-state index in [-0.39, 0.29) is 17.9 Å². The number of nitrogens with one attached hydrogen (secondary N) is 2. The Bertz CT molecular complexity index is 1190. The van der Waals surface area contributed by atoms with Gasteiger partial charge in [0.15, 0.2) is 5.82 Å². The van der Waals surface area contributed by atoms with Gasteiger partial charge in [-0.2, -0.15) is 0 Å². The van der Waals surface area contributed by atoms with E-state index in [1.165, 1.54) is 0 Å². The van der Waals surface area contributed by atoms with Gasteiger partial charge >= 0.3 is 0 Å². The zero-order chi connectivity index (χ0) is 22.9. The first-order valence-electron chi connectivity index (χ1n) is 11.7. The maximum atomic E-state index is 13.5. The van der Waals surface area contributed by atoms with Crippen LogP contribution in [0.2, 0.25) is 0 Å². The highest BCUT2D eigenvalue weighted by Crippen LogP contribution is 2.33. The van der Waals surface area contributed by atoms with Crippen LogP contribution in [0.25, 0.3) is 10.9 Å². The number of aromatic amines is 1. The van der Waals surface area contributed by atoms with Crippen LogP contribution in [0.4, 0.5) is 5.82 Å². The van der Waals surface area contributed by atoms with E-state index in [0.29, 0.717) is 31.8 Å². The Morgan fingerprint density at radius 3 is 2.85 bits per heavy atom. The molecule has 5 rings (SSSR count). The highest BCUT2D eigenvalue weighted by atomic mass is 16.2. The number of anilines is 1. The van der Waals surface area contributed by atoms with Crippen molar-refractivity contribution in [3.63, 3.8) is 0 Å². The molecular weight excluding hydrogens is 416 g/mol. The van der Waals surface area contributed by atoms with Crippen LogP contribution in [0.1, 0.15) is 54.9 Å². The SMILES string of the molecule is CNc1nc([C@H]2CCCCN2C(=O)Cc2c[nH]c3ccccc23)nc2c1CN(C(C)=O)CC2. The van der Waals surface area contributed by atoms with Crippen molar-refractivity contribution in [1.29, 1.82) is 0 Å². The topological polar surface area (TPSA) is 94.2 Å². The second kappa shape index (κ2) is 8.84. The second-order valence-electron chi connectivity index (χ2n) is 8.93. The summed E-state index contributed by atoms with van der Waals surface area (Å²) in [5.41, 5.74) is 4.03. The highest BCUT2D eigenvalue weighted by molar-refractivity contribution is 5.89. The van der Waals surface area contributed by atoms with Crippen LogP contribution in [0, 0.1) is 0 Å². The lowest BCUT2D eigenvalue weighted by Crippen LogP contribution is -2.41. The van der Waals surface area contributed by atoms with Gasteiger partial charge in [0, 0.05) is 56.1 Å². The van der Waals surface area contributed by atoms with Gasteiger partial charge in [-0.05, 0) is 30.9 Å². The summed E-state index contributed by atoms with van der Waals surface area (Å²) >= 11 is 0. The molecule has 0 radical (unpaired) electrons. The van der Waals surface area contributed by atoms with E-state index in [1.54, 1.807) is 6.92 Å². The highest BCUT2D eigenvalue weighted by Gasteiger charge is 2.32. The Morgan fingerprint density at radius 1 is 1.18 bits per heavy atom. The van der Waals surface area contributed by atoms with E-state index < -0.39 is 0 Å². The number of likely N-dealkylation sites (tertiary alicyclic amines) is 1. The van der Waals surface area contributed by atoms with Crippen LogP contribution in [-0.2, 0) is 29.0 Å². The second-order valence-corrected chi connectivity index (χ2v) is 8.93. The maximum Gasteiger partial charge on any atom is 0.227 e. The Hall–Kier alpha value is -3.42. The maximum absolute atomic E-state index is 13.5. The molecule has 0 aliphatic carbocycles. The molecule has 172 valence electrons. The van der Waals surface area contributed by atoms with Crippen molar-refractivity contribution in [2.75, 3.05) is 25.5 Å². The summed E-state index contributed by atoms with van der Waals surface area (Å²) < 4.78 is 0. The number of piperidine rings is 1. The van der Waals surface area contributed by atoms with Gasteiger partial charge in [-0.3, -0.25) is 9.59 Å². The molecule has 2 aliphatic heterocycles. The van der Waals surface area contributed by atoms with Crippen LogP contribution in [0.15, 0.2) is 30.5 Å². The van der Waals surface area contributed by atoms with Crippen molar-refractivity contribution >= 4 is 28.5 Å². The lowest BCUT2D eigenvalue weighted by atomic mass is 9.98. The molecule has 1 saturated heterocycles. The van der Waals surface area contributed by atoms with Gasteiger partial charge in [-0.25, -0.2) is 9.97 Å². The monoisotopic (exact) mass is 446 g/mol. The summed E-state index contributed by atoms with van der Waals surface area (Å²) in [6.45, 7) is 3.50. The van der Waals surface area contributed by atoms with Gasteiger partial charge in [-0.1, -0.05) is 18.2 Å². The number of carbonyl (C=O) groups excluding carboxylic acids is 2. The molecule has 1 atom stereocenters.